The fourth-order valence-corrected chi connectivity index (χ4v) is 1.54. The number of alkyl halides is 3. The molecule has 1 amide bonds. The lowest BCUT2D eigenvalue weighted by molar-refractivity contribution is -0.137. The number of thiocarbonyl (C=S) groups is 1. The van der Waals surface area contributed by atoms with Crippen LogP contribution in [0.3, 0.4) is 0 Å². The molecule has 3 nitrogen and oxygen atoms in total. The molecule has 1 aromatic rings. The van der Waals surface area contributed by atoms with Crippen molar-refractivity contribution in [2.45, 2.75) is 26.4 Å². The van der Waals surface area contributed by atoms with E-state index in [1.54, 1.807) is 13.8 Å². The van der Waals surface area contributed by atoms with Crippen LogP contribution >= 0.6 is 12.2 Å². The van der Waals surface area contributed by atoms with Crippen LogP contribution in [0.1, 0.15) is 25.0 Å². The van der Waals surface area contributed by atoms with E-state index in [0.29, 0.717) is 5.56 Å². The van der Waals surface area contributed by atoms with Gasteiger partial charge >= 0.3 is 6.18 Å². The lowest BCUT2D eigenvalue weighted by Crippen LogP contribution is -2.41. The van der Waals surface area contributed by atoms with Gasteiger partial charge in [-0.05, 0) is 17.7 Å². The van der Waals surface area contributed by atoms with Crippen molar-refractivity contribution in [3.8, 4) is 0 Å². The maximum absolute atomic E-state index is 12.4. The van der Waals surface area contributed by atoms with Crippen molar-refractivity contribution in [2.75, 3.05) is 6.54 Å². The van der Waals surface area contributed by atoms with Gasteiger partial charge in [-0.1, -0.05) is 38.2 Å². The molecule has 0 aliphatic carbocycles. The van der Waals surface area contributed by atoms with Crippen LogP contribution in [-0.4, -0.2) is 17.4 Å². The van der Waals surface area contributed by atoms with Gasteiger partial charge in [-0.15, -0.1) is 0 Å². The standard InChI is InChI=1S/C14H17F3N2OS/c1-13(2,12(18)21)8-19-11(20)7-9-3-5-10(6-4-9)14(15,16)17/h3-6H,7-8H2,1-2H3,(H2,18,21)(H,19,20). The molecule has 0 saturated carbocycles. The highest BCUT2D eigenvalue weighted by molar-refractivity contribution is 7.80. The van der Waals surface area contributed by atoms with E-state index >= 15 is 0 Å². The largest absolute Gasteiger partial charge is 0.416 e. The number of nitrogens with one attached hydrogen (secondary N) is 1. The Morgan fingerprint density at radius 1 is 1.24 bits per heavy atom. The van der Waals surface area contributed by atoms with Gasteiger partial charge in [0, 0.05) is 12.0 Å². The summed E-state index contributed by atoms with van der Waals surface area (Å²) in [6.45, 7) is 3.88. The minimum Gasteiger partial charge on any atom is -0.393 e. The van der Waals surface area contributed by atoms with E-state index in [2.05, 4.69) is 5.32 Å². The zero-order chi connectivity index (χ0) is 16.3. The van der Waals surface area contributed by atoms with Crippen LogP contribution in [-0.2, 0) is 17.4 Å². The van der Waals surface area contributed by atoms with Crippen molar-refractivity contribution in [1.82, 2.24) is 5.32 Å². The Hall–Kier alpha value is -1.63. The Labute approximate surface area is 126 Å². The SMILES string of the molecule is CC(C)(CNC(=O)Cc1ccc(C(F)(F)F)cc1)C(N)=S. The molecular weight excluding hydrogens is 301 g/mol. The van der Waals surface area contributed by atoms with E-state index < -0.39 is 17.2 Å². The number of nitrogens with two attached hydrogens (primary N) is 1. The Morgan fingerprint density at radius 2 is 1.76 bits per heavy atom. The molecule has 0 spiro atoms. The third-order valence-electron chi connectivity index (χ3n) is 3.04. The molecule has 0 radical (unpaired) electrons. The Morgan fingerprint density at radius 3 is 2.19 bits per heavy atom. The summed E-state index contributed by atoms with van der Waals surface area (Å²) < 4.78 is 37.2. The van der Waals surface area contributed by atoms with Gasteiger partial charge in [-0.2, -0.15) is 13.2 Å². The lowest BCUT2D eigenvalue weighted by Gasteiger charge is -2.23. The van der Waals surface area contributed by atoms with Gasteiger partial charge in [0.2, 0.25) is 5.91 Å². The monoisotopic (exact) mass is 318 g/mol. The Kier molecular flexibility index (Phi) is 5.33. The van der Waals surface area contributed by atoms with Crippen molar-refractivity contribution in [3.05, 3.63) is 35.4 Å². The number of benzene rings is 1. The van der Waals surface area contributed by atoms with Crippen molar-refractivity contribution < 1.29 is 18.0 Å². The van der Waals surface area contributed by atoms with Gasteiger partial charge in [0.15, 0.2) is 0 Å². The van der Waals surface area contributed by atoms with E-state index in [-0.39, 0.29) is 23.9 Å². The highest BCUT2D eigenvalue weighted by Crippen LogP contribution is 2.29. The van der Waals surface area contributed by atoms with Gasteiger partial charge in [0.25, 0.3) is 0 Å². The molecule has 1 rings (SSSR count). The number of amides is 1. The third kappa shape index (κ3) is 5.34. The van der Waals surface area contributed by atoms with Crippen LogP contribution in [0.5, 0.6) is 0 Å². The first-order chi connectivity index (χ1) is 9.52. The highest BCUT2D eigenvalue weighted by atomic mass is 32.1. The molecule has 0 heterocycles. The number of halogens is 3. The molecule has 0 bridgehead atoms. The van der Waals surface area contributed by atoms with Crippen molar-refractivity contribution in [3.63, 3.8) is 0 Å². The molecular formula is C14H17F3N2OS. The molecule has 3 N–H and O–H groups in total. The first-order valence-electron chi connectivity index (χ1n) is 6.25. The Bertz CT molecular complexity index is 524. The number of hydrogen-bond donors (Lipinski definition) is 2. The van der Waals surface area contributed by atoms with Crippen LogP contribution in [0.2, 0.25) is 0 Å². The second-order valence-corrected chi connectivity index (χ2v) is 5.84. The molecule has 1 aromatic carbocycles. The van der Waals surface area contributed by atoms with E-state index in [4.69, 9.17) is 18.0 Å². The summed E-state index contributed by atoms with van der Waals surface area (Å²) in [7, 11) is 0. The van der Waals surface area contributed by atoms with Crippen LogP contribution in [0, 0.1) is 5.41 Å². The quantitative estimate of drug-likeness (QED) is 0.821. The zero-order valence-electron chi connectivity index (χ0n) is 11.8. The normalized spacial score (nSPS) is 12.0. The fraction of sp³-hybridized carbons (Fsp3) is 0.429. The predicted molar refractivity (Wildman–Crippen MR) is 78.7 cm³/mol. The molecule has 0 aromatic heterocycles. The van der Waals surface area contributed by atoms with Crippen LogP contribution < -0.4 is 11.1 Å². The summed E-state index contributed by atoms with van der Waals surface area (Å²) in [6, 6.07) is 4.51. The van der Waals surface area contributed by atoms with Gasteiger partial charge < -0.3 is 11.1 Å². The van der Waals surface area contributed by atoms with Crippen LogP contribution in [0.25, 0.3) is 0 Å². The van der Waals surface area contributed by atoms with Gasteiger partial charge in [0.05, 0.1) is 17.0 Å². The third-order valence-corrected chi connectivity index (χ3v) is 3.59. The lowest BCUT2D eigenvalue weighted by atomic mass is 9.93. The van der Waals surface area contributed by atoms with Crippen molar-refractivity contribution >= 4 is 23.1 Å². The first-order valence-corrected chi connectivity index (χ1v) is 6.66. The average Bonchev–Trinajstić information content (AvgIpc) is 2.36. The summed E-state index contributed by atoms with van der Waals surface area (Å²) in [5.41, 5.74) is 4.80. The molecule has 0 unspecified atom stereocenters. The van der Waals surface area contributed by atoms with Crippen molar-refractivity contribution in [2.24, 2.45) is 11.1 Å². The number of hydrogen-bond acceptors (Lipinski definition) is 2. The minimum absolute atomic E-state index is 0.00551. The zero-order valence-corrected chi connectivity index (χ0v) is 12.6. The smallest absolute Gasteiger partial charge is 0.393 e. The molecule has 0 fully saturated rings. The minimum atomic E-state index is -4.37. The summed E-state index contributed by atoms with van der Waals surface area (Å²) in [5.74, 6) is -0.293. The molecule has 21 heavy (non-hydrogen) atoms. The van der Waals surface area contributed by atoms with Gasteiger partial charge in [-0.25, -0.2) is 0 Å². The second kappa shape index (κ2) is 6.43. The van der Waals surface area contributed by atoms with E-state index in [1.165, 1.54) is 12.1 Å². The maximum Gasteiger partial charge on any atom is 0.416 e. The number of rotatable bonds is 5. The molecule has 7 heteroatoms. The summed E-state index contributed by atoms with van der Waals surface area (Å²) >= 11 is 4.88. The van der Waals surface area contributed by atoms with Crippen molar-refractivity contribution in [1.29, 1.82) is 0 Å². The number of carbonyl (C=O) groups is 1. The molecule has 116 valence electrons. The van der Waals surface area contributed by atoms with E-state index in [9.17, 15) is 18.0 Å². The van der Waals surface area contributed by atoms with E-state index in [0.717, 1.165) is 12.1 Å². The number of carbonyl (C=O) groups excluding carboxylic acids is 1. The molecule has 0 atom stereocenters. The fourth-order valence-electron chi connectivity index (χ4n) is 1.47. The van der Waals surface area contributed by atoms with Crippen LogP contribution in [0.4, 0.5) is 13.2 Å². The van der Waals surface area contributed by atoms with E-state index in [1.807, 2.05) is 0 Å². The highest BCUT2D eigenvalue weighted by Gasteiger charge is 2.30. The van der Waals surface area contributed by atoms with Crippen LogP contribution in [0.15, 0.2) is 24.3 Å². The van der Waals surface area contributed by atoms with Gasteiger partial charge in [0.1, 0.15) is 0 Å². The summed E-state index contributed by atoms with van der Waals surface area (Å²) in [4.78, 5) is 12.0. The first kappa shape index (κ1) is 17.4. The molecule has 0 saturated heterocycles. The second-order valence-electron chi connectivity index (χ2n) is 5.40. The Balaban J connectivity index is 2.58. The summed E-state index contributed by atoms with van der Waals surface area (Å²) in [5, 5.41) is 2.67. The average molecular weight is 318 g/mol. The van der Waals surface area contributed by atoms with Gasteiger partial charge in [-0.3, -0.25) is 4.79 Å². The molecule has 0 aliphatic rings. The topological polar surface area (TPSA) is 55.1 Å². The maximum atomic E-state index is 12.4. The predicted octanol–water partition coefficient (Wildman–Crippen LogP) is 2.68. The summed E-state index contributed by atoms with van der Waals surface area (Å²) in [6.07, 6.45) is -4.37. The molecule has 0 aliphatic heterocycles.